The van der Waals surface area contributed by atoms with Crippen molar-refractivity contribution < 1.29 is 14.0 Å². The normalized spacial score (nSPS) is 27.4. The molecule has 1 aliphatic rings. The fraction of sp³-hybridized carbons (Fsp3) is 0.864. The summed E-state index contributed by atoms with van der Waals surface area (Å²) < 4.78 is 11.6. The van der Waals surface area contributed by atoms with Gasteiger partial charge in [-0.1, -0.05) is 45.8 Å². The number of carbonyl (C=O) groups excluding carboxylic acids is 1. The number of hydrogen-bond acceptors (Lipinski definition) is 3. The lowest BCUT2D eigenvalue weighted by atomic mass is 9.58. The van der Waals surface area contributed by atoms with Crippen molar-refractivity contribution in [3.05, 3.63) is 11.1 Å². The number of hydrogen-bond donors (Lipinski definition) is 0. The predicted molar refractivity (Wildman–Crippen MR) is 113 cm³/mol. The molecule has 1 rings (SSSR count). The summed E-state index contributed by atoms with van der Waals surface area (Å²) in [6.07, 6.45) is 3.69. The van der Waals surface area contributed by atoms with Gasteiger partial charge in [0.25, 0.3) is 0 Å². The molecule has 0 aromatic rings. The fourth-order valence-corrected chi connectivity index (χ4v) is 4.98. The Bertz CT molecular complexity index is 526. The molecule has 0 N–H and O–H groups in total. The standard InChI is InChI=1S/C22H42O3Si/c1-16(2)18-12-11-17(3)22(7,19(18)13-14-20(23)24-8)15-25-26(9,10)21(4,5)6/h17,19H,11-15H2,1-10H3/t17-,19-,22-/m1/s1. The van der Waals surface area contributed by atoms with Crippen molar-refractivity contribution in [1.29, 1.82) is 0 Å². The molecule has 152 valence electrons. The summed E-state index contributed by atoms with van der Waals surface area (Å²) in [6.45, 7) is 21.5. The average molecular weight is 383 g/mol. The van der Waals surface area contributed by atoms with E-state index in [-0.39, 0.29) is 16.4 Å². The lowest BCUT2D eigenvalue weighted by molar-refractivity contribution is -0.141. The second-order valence-corrected chi connectivity index (χ2v) is 15.0. The van der Waals surface area contributed by atoms with Gasteiger partial charge < -0.3 is 9.16 Å². The molecule has 0 heterocycles. The molecule has 0 aromatic heterocycles. The molecule has 3 nitrogen and oxygen atoms in total. The first-order valence-electron chi connectivity index (χ1n) is 10.1. The Morgan fingerprint density at radius 2 is 1.85 bits per heavy atom. The highest BCUT2D eigenvalue weighted by Gasteiger charge is 2.47. The second-order valence-electron chi connectivity index (χ2n) is 10.2. The summed E-state index contributed by atoms with van der Waals surface area (Å²) in [5.41, 5.74) is 3.01. The molecule has 0 unspecified atom stereocenters. The van der Waals surface area contributed by atoms with Crippen LogP contribution in [0.5, 0.6) is 0 Å². The third-order valence-corrected chi connectivity index (χ3v) is 11.7. The van der Waals surface area contributed by atoms with Crippen LogP contribution >= 0.6 is 0 Å². The van der Waals surface area contributed by atoms with Crippen molar-refractivity contribution in [3.8, 4) is 0 Å². The van der Waals surface area contributed by atoms with Gasteiger partial charge in [0.1, 0.15) is 0 Å². The van der Waals surface area contributed by atoms with Gasteiger partial charge in [-0.25, -0.2) is 0 Å². The minimum absolute atomic E-state index is 0.0639. The van der Waals surface area contributed by atoms with Crippen LogP contribution in [-0.2, 0) is 14.0 Å². The Balaban J connectivity index is 3.13. The van der Waals surface area contributed by atoms with E-state index in [0.29, 0.717) is 18.3 Å². The molecule has 0 bridgehead atoms. The molecule has 1 saturated carbocycles. The van der Waals surface area contributed by atoms with Crippen LogP contribution in [0, 0.1) is 17.3 Å². The first kappa shape index (κ1) is 23.4. The summed E-state index contributed by atoms with van der Waals surface area (Å²) in [6, 6.07) is 0. The third-order valence-electron chi connectivity index (χ3n) is 7.25. The number of rotatable bonds is 6. The molecule has 0 aromatic carbocycles. The van der Waals surface area contributed by atoms with E-state index in [0.717, 1.165) is 19.4 Å². The Kier molecular flexibility index (Phi) is 7.75. The van der Waals surface area contributed by atoms with Crippen molar-refractivity contribution >= 4 is 14.3 Å². The number of ether oxygens (including phenoxy) is 1. The van der Waals surface area contributed by atoms with Gasteiger partial charge in [0.2, 0.25) is 0 Å². The van der Waals surface area contributed by atoms with Crippen LogP contribution in [0.25, 0.3) is 0 Å². The topological polar surface area (TPSA) is 35.5 Å². The van der Waals surface area contributed by atoms with E-state index in [9.17, 15) is 4.79 Å². The zero-order chi connectivity index (χ0) is 20.3. The molecule has 3 atom stereocenters. The van der Waals surface area contributed by atoms with Gasteiger partial charge in [0.15, 0.2) is 8.32 Å². The number of carbonyl (C=O) groups is 1. The van der Waals surface area contributed by atoms with Gasteiger partial charge >= 0.3 is 5.97 Å². The highest BCUT2D eigenvalue weighted by molar-refractivity contribution is 6.74. The van der Waals surface area contributed by atoms with Gasteiger partial charge in [0.05, 0.1) is 7.11 Å². The molecule has 0 amide bonds. The van der Waals surface area contributed by atoms with Crippen LogP contribution in [0.4, 0.5) is 0 Å². The molecule has 0 aliphatic heterocycles. The summed E-state index contributed by atoms with van der Waals surface area (Å²) in [7, 11) is -0.324. The zero-order valence-corrected chi connectivity index (χ0v) is 19.9. The van der Waals surface area contributed by atoms with E-state index in [2.05, 4.69) is 61.6 Å². The first-order chi connectivity index (χ1) is 11.8. The molecule has 4 heteroatoms. The fourth-order valence-electron chi connectivity index (χ4n) is 3.88. The number of allylic oxidation sites excluding steroid dienone is 2. The van der Waals surface area contributed by atoms with Crippen LogP contribution in [0.2, 0.25) is 18.1 Å². The SMILES string of the molecule is COC(=O)CC[C@@H]1C(=C(C)C)CC[C@@H](C)[C@@]1(C)CO[Si](C)(C)C(C)(C)C. The molecule has 26 heavy (non-hydrogen) atoms. The van der Waals surface area contributed by atoms with Gasteiger partial charge in [-0.15, -0.1) is 0 Å². The van der Waals surface area contributed by atoms with Gasteiger partial charge in [-0.2, -0.15) is 0 Å². The molecule has 0 radical (unpaired) electrons. The van der Waals surface area contributed by atoms with Crippen molar-refractivity contribution in [1.82, 2.24) is 0 Å². The Morgan fingerprint density at radius 1 is 1.27 bits per heavy atom. The van der Waals surface area contributed by atoms with Gasteiger partial charge in [-0.3, -0.25) is 4.79 Å². The monoisotopic (exact) mass is 382 g/mol. The van der Waals surface area contributed by atoms with Gasteiger partial charge in [0, 0.05) is 13.0 Å². The Labute approximate surface area is 163 Å². The van der Waals surface area contributed by atoms with Crippen molar-refractivity contribution in [2.24, 2.45) is 17.3 Å². The Morgan fingerprint density at radius 3 is 2.31 bits per heavy atom. The van der Waals surface area contributed by atoms with Crippen LogP contribution < -0.4 is 0 Å². The van der Waals surface area contributed by atoms with E-state index < -0.39 is 8.32 Å². The van der Waals surface area contributed by atoms with Crippen LogP contribution in [0.1, 0.15) is 74.1 Å². The van der Waals surface area contributed by atoms with Gasteiger partial charge in [-0.05, 0) is 68.5 Å². The first-order valence-corrected chi connectivity index (χ1v) is 13.0. The van der Waals surface area contributed by atoms with E-state index in [1.165, 1.54) is 24.7 Å². The van der Waals surface area contributed by atoms with E-state index >= 15 is 0 Å². The number of methoxy groups -OCH3 is 1. The summed E-state index contributed by atoms with van der Waals surface area (Å²) in [4.78, 5) is 11.8. The van der Waals surface area contributed by atoms with Crippen molar-refractivity contribution in [2.45, 2.75) is 92.3 Å². The predicted octanol–water partition coefficient (Wildman–Crippen LogP) is 6.35. The number of esters is 1. The van der Waals surface area contributed by atoms with Crippen LogP contribution in [0.3, 0.4) is 0 Å². The minimum Gasteiger partial charge on any atom is -0.469 e. The maximum absolute atomic E-state index is 11.8. The molecule has 1 fully saturated rings. The van der Waals surface area contributed by atoms with Crippen LogP contribution in [-0.4, -0.2) is 28.0 Å². The summed E-state index contributed by atoms with van der Waals surface area (Å²) in [5.74, 6) is 0.863. The smallest absolute Gasteiger partial charge is 0.305 e. The largest absolute Gasteiger partial charge is 0.469 e. The highest BCUT2D eigenvalue weighted by Crippen LogP contribution is 2.52. The van der Waals surface area contributed by atoms with E-state index in [1.807, 2.05) is 0 Å². The molecular formula is C22H42O3Si. The van der Waals surface area contributed by atoms with Crippen molar-refractivity contribution in [2.75, 3.05) is 13.7 Å². The molecule has 1 aliphatic carbocycles. The maximum atomic E-state index is 11.8. The quantitative estimate of drug-likeness (QED) is 0.305. The molecular weight excluding hydrogens is 340 g/mol. The zero-order valence-electron chi connectivity index (χ0n) is 18.9. The lowest BCUT2D eigenvalue weighted by Crippen LogP contribution is -2.49. The van der Waals surface area contributed by atoms with Crippen molar-refractivity contribution in [3.63, 3.8) is 0 Å². The van der Waals surface area contributed by atoms with Crippen LogP contribution in [0.15, 0.2) is 11.1 Å². The summed E-state index contributed by atoms with van der Waals surface area (Å²) in [5, 5.41) is 0.210. The minimum atomic E-state index is -1.80. The maximum Gasteiger partial charge on any atom is 0.305 e. The lowest BCUT2D eigenvalue weighted by Gasteiger charge is -2.50. The molecule has 0 saturated heterocycles. The summed E-state index contributed by atoms with van der Waals surface area (Å²) >= 11 is 0. The third kappa shape index (κ3) is 5.22. The Hall–Kier alpha value is -0.613. The average Bonchev–Trinajstić information content (AvgIpc) is 2.52. The van der Waals surface area contributed by atoms with E-state index in [1.54, 1.807) is 0 Å². The van der Waals surface area contributed by atoms with E-state index in [4.69, 9.17) is 9.16 Å². The molecule has 0 spiro atoms. The highest BCUT2D eigenvalue weighted by atomic mass is 28.4. The second kappa shape index (κ2) is 8.60.